The summed E-state index contributed by atoms with van der Waals surface area (Å²) in [7, 11) is 1.79. The number of allylic oxidation sites excluding steroid dienone is 2. The number of rotatable bonds is 12. The lowest BCUT2D eigenvalue weighted by Gasteiger charge is -2.30. The molecule has 3 N–H and O–H groups in total. The molecule has 0 saturated heterocycles. The molecule has 158 valence electrons. The van der Waals surface area contributed by atoms with Crippen LogP contribution >= 0.6 is 11.6 Å². The molecule has 2 amide bonds. The maximum Gasteiger partial charge on any atom is 0.323 e. The molecule has 1 aliphatic rings. The predicted molar refractivity (Wildman–Crippen MR) is 120 cm³/mol. The van der Waals surface area contributed by atoms with Crippen LogP contribution in [0.3, 0.4) is 0 Å². The van der Waals surface area contributed by atoms with Gasteiger partial charge in [0.2, 0.25) is 0 Å². The average molecular weight is 410 g/mol. The molecule has 1 fully saturated rings. The number of carbonyl (C=O) groups excluding carboxylic acids is 1. The van der Waals surface area contributed by atoms with E-state index >= 15 is 0 Å². The first-order chi connectivity index (χ1) is 13.5. The molecule has 1 aliphatic carbocycles. The van der Waals surface area contributed by atoms with Crippen molar-refractivity contribution in [1.82, 2.24) is 20.9 Å². The van der Waals surface area contributed by atoms with E-state index in [4.69, 9.17) is 11.6 Å². The number of amidine groups is 1. The Hall–Kier alpha value is -1.79. The molecule has 1 rings (SSSR count). The summed E-state index contributed by atoms with van der Waals surface area (Å²) in [5.74, 6) is 0.565. The summed E-state index contributed by atoms with van der Waals surface area (Å²) in [5, 5.41) is 10.1. The number of hydrogen-bond donors (Lipinski definition) is 3. The van der Waals surface area contributed by atoms with Crippen molar-refractivity contribution in [3.8, 4) is 0 Å². The van der Waals surface area contributed by atoms with Crippen molar-refractivity contribution in [2.45, 2.75) is 64.6 Å². The minimum Gasteiger partial charge on any atom is -0.393 e. The van der Waals surface area contributed by atoms with E-state index in [9.17, 15) is 4.79 Å². The molecule has 2 atom stereocenters. The Kier molecular flexibility index (Phi) is 11.6. The first-order valence-corrected chi connectivity index (χ1v) is 10.5. The Labute approximate surface area is 175 Å². The Morgan fingerprint density at radius 2 is 2.07 bits per heavy atom. The zero-order valence-electron chi connectivity index (χ0n) is 17.7. The molecule has 0 radical (unpaired) electrons. The van der Waals surface area contributed by atoms with Crippen LogP contribution in [0.4, 0.5) is 4.79 Å². The van der Waals surface area contributed by atoms with Crippen LogP contribution in [0.25, 0.3) is 0 Å². The number of urea groups is 1. The summed E-state index contributed by atoms with van der Waals surface area (Å²) >= 11 is 6.01. The van der Waals surface area contributed by atoms with Crippen molar-refractivity contribution in [3.63, 3.8) is 0 Å². The van der Waals surface area contributed by atoms with Crippen molar-refractivity contribution in [2.75, 3.05) is 20.1 Å². The molecule has 28 heavy (non-hydrogen) atoms. The molecule has 0 aromatic carbocycles. The number of hydrogen-bond acceptors (Lipinski definition) is 4. The molecular formula is C21H36ClN5O. The van der Waals surface area contributed by atoms with Gasteiger partial charge >= 0.3 is 6.03 Å². The topological polar surface area (TPSA) is 68.8 Å². The number of amides is 2. The lowest BCUT2D eigenvalue weighted by Crippen LogP contribution is -2.52. The van der Waals surface area contributed by atoms with Gasteiger partial charge in [0.05, 0.1) is 11.6 Å². The van der Waals surface area contributed by atoms with Gasteiger partial charge in [-0.1, -0.05) is 38.1 Å². The fourth-order valence-corrected chi connectivity index (χ4v) is 2.79. The SMILES string of the molecule is C=CC(=NC/C=C/C(Cl)=C\NC)N(C(=O)NC(CC)CNC1CC1)[C@H](C)CC. The first kappa shape index (κ1) is 24.2. The second-order valence-corrected chi connectivity index (χ2v) is 7.42. The van der Waals surface area contributed by atoms with Crippen LogP contribution in [0.5, 0.6) is 0 Å². The van der Waals surface area contributed by atoms with Gasteiger partial charge in [0.15, 0.2) is 0 Å². The normalized spacial score (nSPS) is 17.3. The number of carbonyl (C=O) groups is 1. The van der Waals surface area contributed by atoms with E-state index in [1.807, 2.05) is 13.0 Å². The van der Waals surface area contributed by atoms with E-state index in [-0.39, 0.29) is 18.1 Å². The molecule has 0 aromatic rings. The Morgan fingerprint density at radius 1 is 1.36 bits per heavy atom. The van der Waals surface area contributed by atoms with Crippen LogP contribution in [0.1, 0.15) is 46.5 Å². The number of nitrogens with one attached hydrogen (secondary N) is 3. The highest BCUT2D eigenvalue weighted by atomic mass is 35.5. The Morgan fingerprint density at radius 3 is 2.61 bits per heavy atom. The van der Waals surface area contributed by atoms with Crippen LogP contribution in [-0.2, 0) is 0 Å². The molecule has 1 saturated carbocycles. The van der Waals surface area contributed by atoms with Gasteiger partial charge in [-0.2, -0.15) is 0 Å². The quantitative estimate of drug-likeness (QED) is 0.261. The largest absolute Gasteiger partial charge is 0.393 e. The van der Waals surface area contributed by atoms with Crippen LogP contribution in [0, 0.1) is 0 Å². The summed E-state index contributed by atoms with van der Waals surface area (Å²) in [4.78, 5) is 19.2. The Balaban J connectivity index is 2.80. The second-order valence-electron chi connectivity index (χ2n) is 6.99. The average Bonchev–Trinajstić information content (AvgIpc) is 3.51. The standard InChI is InChI=1S/C21H36ClN5O/c1-6-16(4)27(20(8-3)24-13-9-10-17(22)14-23-5)21(28)26-18(7-2)15-25-19-11-12-19/h8-10,14,16,18-19,23,25H,3,6-7,11-13,15H2,1-2,4-5H3,(H,26,28)/b10-9+,17-14+,24-20?/t16-,18?/m1/s1. The van der Waals surface area contributed by atoms with Gasteiger partial charge in [-0.25, -0.2) is 4.79 Å². The molecule has 1 unspecified atom stereocenters. The van der Waals surface area contributed by atoms with Gasteiger partial charge in [-0.05, 0) is 44.8 Å². The van der Waals surface area contributed by atoms with E-state index in [1.54, 1.807) is 30.3 Å². The van der Waals surface area contributed by atoms with E-state index in [2.05, 4.69) is 41.4 Å². The minimum atomic E-state index is -0.130. The third-order valence-corrected chi connectivity index (χ3v) is 4.88. The molecule has 0 heterocycles. The fraction of sp³-hybridized carbons (Fsp3) is 0.619. The summed E-state index contributed by atoms with van der Waals surface area (Å²) in [6.07, 6.45) is 11.1. The third kappa shape index (κ3) is 8.93. The van der Waals surface area contributed by atoms with Gasteiger partial charge in [-0.15, -0.1) is 0 Å². The van der Waals surface area contributed by atoms with Crippen molar-refractivity contribution in [2.24, 2.45) is 4.99 Å². The van der Waals surface area contributed by atoms with E-state index in [0.717, 1.165) is 19.4 Å². The van der Waals surface area contributed by atoms with Crippen molar-refractivity contribution in [1.29, 1.82) is 0 Å². The van der Waals surface area contributed by atoms with E-state index < -0.39 is 0 Å². The van der Waals surface area contributed by atoms with Gasteiger partial charge in [0, 0.05) is 37.9 Å². The molecule has 0 aromatic heterocycles. The lowest BCUT2D eigenvalue weighted by molar-refractivity contribution is 0.205. The van der Waals surface area contributed by atoms with Crippen LogP contribution in [-0.4, -0.2) is 55.0 Å². The van der Waals surface area contributed by atoms with Crippen molar-refractivity contribution in [3.05, 3.63) is 36.0 Å². The number of halogens is 1. The minimum absolute atomic E-state index is 0.0161. The fourth-order valence-electron chi connectivity index (χ4n) is 2.59. The van der Waals surface area contributed by atoms with Crippen molar-refractivity contribution < 1.29 is 4.79 Å². The van der Waals surface area contributed by atoms with Crippen molar-refractivity contribution >= 4 is 23.5 Å². The molecule has 0 aliphatic heterocycles. The zero-order chi connectivity index (χ0) is 20.9. The van der Waals surface area contributed by atoms with Crippen LogP contribution in [0.15, 0.2) is 41.0 Å². The summed E-state index contributed by atoms with van der Waals surface area (Å²) in [6, 6.07) is 0.602. The third-order valence-electron chi connectivity index (χ3n) is 4.65. The second kappa shape index (κ2) is 13.4. The van der Waals surface area contributed by atoms with Crippen LogP contribution in [0.2, 0.25) is 0 Å². The van der Waals surface area contributed by atoms with Gasteiger partial charge < -0.3 is 16.0 Å². The van der Waals surface area contributed by atoms with Gasteiger partial charge in [0.1, 0.15) is 5.84 Å². The molecule has 0 spiro atoms. The first-order valence-electron chi connectivity index (χ1n) is 10.2. The summed E-state index contributed by atoms with van der Waals surface area (Å²) < 4.78 is 0. The highest BCUT2D eigenvalue weighted by Gasteiger charge is 2.26. The molecule has 0 bridgehead atoms. The lowest BCUT2D eigenvalue weighted by atomic mass is 10.2. The predicted octanol–water partition coefficient (Wildman–Crippen LogP) is 3.77. The monoisotopic (exact) mass is 409 g/mol. The summed E-state index contributed by atoms with van der Waals surface area (Å²) in [5.41, 5.74) is 0. The maximum atomic E-state index is 13.0. The smallest absolute Gasteiger partial charge is 0.323 e. The number of aliphatic imine (C=N–C) groups is 1. The summed E-state index contributed by atoms with van der Waals surface area (Å²) in [6.45, 7) is 11.2. The highest BCUT2D eigenvalue weighted by Crippen LogP contribution is 2.18. The maximum absolute atomic E-state index is 13.0. The van der Waals surface area contributed by atoms with E-state index in [1.165, 1.54) is 12.8 Å². The number of nitrogens with zero attached hydrogens (tertiary/aromatic N) is 2. The van der Waals surface area contributed by atoms with E-state index in [0.29, 0.717) is 23.5 Å². The molecular weight excluding hydrogens is 374 g/mol. The molecule has 7 heteroatoms. The van der Waals surface area contributed by atoms with Crippen LogP contribution < -0.4 is 16.0 Å². The van der Waals surface area contributed by atoms with Gasteiger partial charge in [-0.3, -0.25) is 9.89 Å². The Bertz CT molecular complexity index is 583. The van der Waals surface area contributed by atoms with Gasteiger partial charge in [0.25, 0.3) is 0 Å². The zero-order valence-corrected chi connectivity index (χ0v) is 18.4. The molecule has 6 nitrogen and oxygen atoms in total. The highest BCUT2D eigenvalue weighted by molar-refractivity contribution is 6.31.